The van der Waals surface area contributed by atoms with Crippen LogP contribution in [0.1, 0.15) is 49.8 Å². The Kier molecular flexibility index (Phi) is 6.64. The number of benzene rings is 2. The largest absolute Gasteiger partial charge is 0.466 e. The minimum Gasteiger partial charge on any atom is -0.466 e. The lowest BCUT2D eigenvalue weighted by molar-refractivity contribution is -0.251. The fourth-order valence-electron chi connectivity index (χ4n) is 3.67. The van der Waals surface area contributed by atoms with Gasteiger partial charge in [-0.25, -0.2) is 0 Å². The molecule has 0 aromatic heterocycles. The van der Waals surface area contributed by atoms with E-state index in [0.717, 1.165) is 11.1 Å². The van der Waals surface area contributed by atoms with E-state index in [1.165, 1.54) is 0 Å². The van der Waals surface area contributed by atoms with Crippen LogP contribution in [-0.4, -0.2) is 23.5 Å². The van der Waals surface area contributed by atoms with Gasteiger partial charge in [0, 0.05) is 19.3 Å². The van der Waals surface area contributed by atoms with Gasteiger partial charge in [-0.3, -0.25) is 4.79 Å². The Morgan fingerprint density at radius 1 is 1.07 bits per heavy atom. The predicted octanol–water partition coefficient (Wildman–Crippen LogP) is 4.43. The fourth-order valence-corrected chi connectivity index (χ4v) is 3.67. The molecule has 0 spiro atoms. The Labute approximate surface area is 161 Å². The zero-order valence-electron chi connectivity index (χ0n) is 15.8. The van der Waals surface area contributed by atoms with E-state index in [4.69, 9.17) is 9.47 Å². The molecular weight excluding hydrogens is 340 g/mol. The smallest absolute Gasteiger partial charge is 0.308 e. The van der Waals surface area contributed by atoms with E-state index in [9.17, 15) is 9.90 Å². The Hall–Kier alpha value is -2.17. The van der Waals surface area contributed by atoms with E-state index in [-0.39, 0.29) is 18.0 Å². The van der Waals surface area contributed by atoms with Crippen molar-refractivity contribution in [2.75, 3.05) is 6.61 Å². The topological polar surface area (TPSA) is 55.8 Å². The summed E-state index contributed by atoms with van der Waals surface area (Å²) >= 11 is 0. The van der Waals surface area contributed by atoms with Gasteiger partial charge in [0.2, 0.25) is 0 Å². The van der Waals surface area contributed by atoms with Crippen molar-refractivity contribution in [1.82, 2.24) is 0 Å². The molecule has 27 heavy (non-hydrogen) atoms. The van der Waals surface area contributed by atoms with Crippen LogP contribution in [0.4, 0.5) is 0 Å². The van der Waals surface area contributed by atoms with Crippen LogP contribution < -0.4 is 0 Å². The molecule has 1 aliphatic carbocycles. The second-order valence-corrected chi connectivity index (χ2v) is 7.18. The van der Waals surface area contributed by atoms with Crippen LogP contribution in [0.2, 0.25) is 0 Å². The van der Waals surface area contributed by atoms with Gasteiger partial charge < -0.3 is 14.6 Å². The van der Waals surface area contributed by atoms with Gasteiger partial charge in [0.1, 0.15) is 0 Å². The molecule has 4 heteroatoms. The van der Waals surface area contributed by atoms with E-state index in [1.54, 1.807) is 0 Å². The van der Waals surface area contributed by atoms with Crippen LogP contribution in [0.3, 0.4) is 0 Å². The monoisotopic (exact) mass is 368 g/mol. The normalized spacial score (nSPS) is 23.6. The third kappa shape index (κ3) is 5.41. The standard InChI is InChI=1S/C23H28O4/c1-2-26-22(24)20-13-15-23(25,16-14-20)27-21(19-11-7-4-8-12-19)17-18-9-5-3-6-10-18/h3-12,20-21,25H,2,13-17H2,1H3/t20?,21-,23?/m1/s1. The molecule has 0 saturated heterocycles. The SMILES string of the molecule is CCOC(=O)C1CCC(O)(O[C@H](Cc2ccccc2)c2ccccc2)CC1. The Morgan fingerprint density at radius 3 is 2.26 bits per heavy atom. The number of ether oxygens (including phenoxy) is 2. The lowest BCUT2D eigenvalue weighted by Gasteiger charge is -2.38. The third-order valence-corrected chi connectivity index (χ3v) is 5.18. The number of carbonyl (C=O) groups excluding carboxylic acids is 1. The molecule has 4 nitrogen and oxygen atoms in total. The summed E-state index contributed by atoms with van der Waals surface area (Å²) in [6, 6.07) is 20.2. The molecule has 0 heterocycles. The minimum atomic E-state index is -1.21. The highest BCUT2D eigenvalue weighted by Crippen LogP contribution is 2.38. The summed E-state index contributed by atoms with van der Waals surface area (Å²) in [5.74, 6) is -1.51. The number of aliphatic hydroxyl groups is 1. The molecule has 0 aliphatic heterocycles. The molecule has 0 unspecified atom stereocenters. The molecule has 0 radical (unpaired) electrons. The first-order valence-corrected chi connectivity index (χ1v) is 9.75. The van der Waals surface area contributed by atoms with Crippen molar-refractivity contribution in [3.05, 3.63) is 71.8 Å². The lowest BCUT2D eigenvalue weighted by atomic mass is 9.85. The summed E-state index contributed by atoms with van der Waals surface area (Å²) in [7, 11) is 0. The predicted molar refractivity (Wildman–Crippen MR) is 104 cm³/mol. The van der Waals surface area contributed by atoms with Crippen molar-refractivity contribution in [3.63, 3.8) is 0 Å². The van der Waals surface area contributed by atoms with E-state index in [1.807, 2.05) is 55.5 Å². The molecule has 2 aromatic carbocycles. The van der Waals surface area contributed by atoms with Crippen molar-refractivity contribution >= 4 is 5.97 Å². The highest BCUT2D eigenvalue weighted by atomic mass is 16.6. The van der Waals surface area contributed by atoms with Crippen LogP contribution in [0, 0.1) is 5.92 Å². The number of hydrogen-bond acceptors (Lipinski definition) is 4. The molecule has 144 valence electrons. The van der Waals surface area contributed by atoms with Gasteiger partial charge >= 0.3 is 5.97 Å². The van der Waals surface area contributed by atoms with E-state index < -0.39 is 5.79 Å². The van der Waals surface area contributed by atoms with Gasteiger partial charge in [-0.05, 0) is 30.9 Å². The molecule has 0 amide bonds. The fraction of sp³-hybridized carbons (Fsp3) is 0.435. The molecule has 1 saturated carbocycles. The first-order chi connectivity index (χ1) is 13.1. The van der Waals surface area contributed by atoms with Gasteiger partial charge in [0.05, 0.1) is 18.6 Å². The summed E-state index contributed by atoms with van der Waals surface area (Å²) in [6.45, 7) is 2.21. The molecular formula is C23H28O4. The van der Waals surface area contributed by atoms with Crippen molar-refractivity contribution in [3.8, 4) is 0 Å². The van der Waals surface area contributed by atoms with Crippen LogP contribution in [0.5, 0.6) is 0 Å². The third-order valence-electron chi connectivity index (χ3n) is 5.18. The highest BCUT2D eigenvalue weighted by Gasteiger charge is 2.39. The first-order valence-electron chi connectivity index (χ1n) is 9.75. The van der Waals surface area contributed by atoms with Crippen molar-refractivity contribution in [1.29, 1.82) is 0 Å². The van der Waals surface area contributed by atoms with Gasteiger partial charge in [0.15, 0.2) is 5.79 Å². The number of rotatable bonds is 7. The Balaban J connectivity index is 1.69. The van der Waals surface area contributed by atoms with Crippen molar-refractivity contribution in [2.45, 2.75) is 50.9 Å². The molecule has 0 bridgehead atoms. The van der Waals surface area contributed by atoms with E-state index in [2.05, 4.69) is 12.1 Å². The van der Waals surface area contributed by atoms with Gasteiger partial charge in [-0.2, -0.15) is 0 Å². The van der Waals surface area contributed by atoms with Crippen LogP contribution in [0.15, 0.2) is 60.7 Å². The van der Waals surface area contributed by atoms with Crippen molar-refractivity contribution in [2.24, 2.45) is 5.92 Å². The minimum absolute atomic E-state index is 0.141. The van der Waals surface area contributed by atoms with Crippen molar-refractivity contribution < 1.29 is 19.4 Å². The molecule has 1 aliphatic rings. The van der Waals surface area contributed by atoms with Gasteiger partial charge in [-0.15, -0.1) is 0 Å². The average molecular weight is 368 g/mol. The second-order valence-electron chi connectivity index (χ2n) is 7.18. The summed E-state index contributed by atoms with van der Waals surface area (Å²) in [5, 5.41) is 11.0. The van der Waals surface area contributed by atoms with E-state index >= 15 is 0 Å². The lowest BCUT2D eigenvalue weighted by Crippen LogP contribution is -2.40. The zero-order valence-corrected chi connectivity index (χ0v) is 15.8. The number of hydrogen-bond donors (Lipinski definition) is 1. The maximum absolute atomic E-state index is 11.9. The molecule has 3 rings (SSSR count). The second kappa shape index (κ2) is 9.16. The number of carbonyl (C=O) groups is 1. The van der Waals surface area contributed by atoms with E-state index in [0.29, 0.717) is 38.7 Å². The molecule has 2 aromatic rings. The molecule has 1 atom stereocenters. The highest BCUT2D eigenvalue weighted by molar-refractivity contribution is 5.72. The Bertz CT molecular complexity index is 706. The van der Waals surface area contributed by atoms with Crippen LogP contribution in [-0.2, 0) is 20.7 Å². The van der Waals surface area contributed by atoms with Gasteiger partial charge in [-0.1, -0.05) is 60.7 Å². The van der Waals surface area contributed by atoms with Crippen LogP contribution >= 0.6 is 0 Å². The Morgan fingerprint density at radius 2 is 1.67 bits per heavy atom. The maximum Gasteiger partial charge on any atom is 0.308 e. The summed E-state index contributed by atoms with van der Waals surface area (Å²) in [4.78, 5) is 11.9. The quantitative estimate of drug-likeness (QED) is 0.580. The molecule has 1 fully saturated rings. The maximum atomic E-state index is 11.9. The summed E-state index contributed by atoms with van der Waals surface area (Å²) in [5.41, 5.74) is 2.21. The summed E-state index contributed by atoms with van der Waals surface area (Å²) in [6.07, 6.45) is 2.50. The van der Waals surface area contributed by atoms with Gasteiger partial charge in [0.25, 0.3) is 0 Å². The van der Waals surface area contributed by atoms with Crippen LogP contribution in [0.25, 0.3) is 0 Å². The summed E-state index contributed by atoms with van der Waals surface area (Å²) < 4.78 is 11.4. The number of esters is 1. The zero-order chi connectivity index (χ0) is 19.1. The first kappa shape index (κ1) is 19.6. The average Bonchev–Trinajstić information content (AvgIpc) is 2.69. The molecule has 1 N–H and O–H groups in total.